The van der Waals surface area contributed by atoms with Crippen LogP contribution in [0.5, 0.6) is 11.5 Å². The lowest BCUT2D eigenvalue weighted by molar-refractivity contribution is -0.117. The van der Waals surface area contributed by atoms with Crippen LogP contribution in [0.25, 0.3) is 0 Å². The summed E-state index contributed by atoms with van der Waals surface area (Å²) in [5.74, 6) is 2.68. The first-order valence-electron chi connectivity index (χ1n) is 10.8. The number of carbonyl (C=O) groups excluding carboxylic acids is 1. The standard InChI is InChI=1S/C22H28N2O5S2/c1-28-18-6-4-14(9-19(18)29-2)10-21(25)23-22-24(16-8-13-3-5-15(16)7-13)17-11-31(26,27)12-20(17)30-22/h4,6,9,13,15-17,20H,3,5,7-8,10-12H2,1-2H3. The molecule has 0 spiro atoms. The first-order valence-corrected chi connectivity index (χ1v) is 13.5. The van der Waals surface area contributed by atoms with Crippen molar-refractivity contribution in [2.24, 2.45) is 16.8 Å². The van der Waals surface area contributed by atoms with Crippen molar-refractivity contribution in [1.82, 2.24) is 4.90 Å². The van der Waals surface area contributed by atoms with Crippen molar-refractivity contribution in [2.45, 2.75) is 49.4 Å². The van der Waals surface area contributed by atoms with Crippen LogP contribution in [0.3, 0.4) is 0 Å². The maximum Gasteiger partial charge on any atom is 0.252 e. The highest BCUT2D eigenvalue weighted by Crippen LogP contribution is 2.51. The van der Waals surface area contributed by atoms with Crippen LogP contribution in [0, 0.1) is 11.8 Å². The summed E-state index contributed by atoms with van der Waals surface area (Å²) < 4.78 is 35.2. The predicted octanol–water partition coefficient (Wildman–Crippen LogP) is 2.53. The molecule has 2 aliphatic heterocycles. The number of rotatable bonds is 5. The number of hydrogen-bond acceptors (Lipinski definition) is 6. The van der Waals surface area contributed by atoms with E-state index in [1.165, 1.54) is 31.0 Å². The number of ether oxygens (including phenoxy) is 2. The van der Waals surface area contributed by atoms with Gasteiger partial charge in [0.2, 0.25) is 0 Å². The third-order valence-electron chi connectivity index (χ3n) is 7.19. The summed E-state index contributed by atoms with van der Waals surface area (Å²) in [5, 5.41) is 0.713. The van der Waals surface area contributed by atoms with Gasteiger partial charge in [0.05, 0.1) is 38.2 Å². The Bertz CT molecular complexity index is 1020. The van der Waals surface area contributed by atoms with Gasteiger partial charge in [-0.1, -0.05) is 24.2 Å². The van der Waals surface area contributed by atoms with Gasteiger partial charge in [0.15, 0.2) is 26.5 Å². The van der Waals surface area contributed by atoms with Crippen LogP contribution in [-0.4, -0.2) is 67.5 Å². The molecular formula is C22H28N2O5S2. The normalized spacial score (nSPS) is 34.3. The second-order valence-corrected chi connectivity index (χ2v) is 12.5. The summed E-state index contributed by atoms with van der Waals surface area (Å²) in [6.45, 7) is 0. The van der Waals surface area contributed by atoms with E-state index >= 15 is 0 Å². The first kappa shape index (κ1) is 21.1. The van der Waals surface area contributed by atoms with E-state index in [-0.39, 0.29) is 35.1 Å². The SMILES string of the molecule is COc1ccc(CC(=O)N=C2SC3CS(=O)(=O)CC3N2C2CC3CCC2C3)cc1OC. The molecule has 7 nitrogen and oxygen atoms in total. The highest BCUT2D eigenvalue weighted by Gasteiger charge is 2.54. The Labute approximate surface area is 187 Å². The van der Waals surface area contributed by atoms with Crippen LogP contribution in [0.4, 0.5) is 0 Å². The number of methoxy groups -OCH3 is 2. The molecular weight excluding hydrogens is 436 g/mol. The number of amides is 1. The number of hydrogen-bond donors (Lipinski definition) is 0. The summed E-state index contributed by atoms with van der Waals surface area (Å²) in [6, 6.07) is 5.70. The molecule has 0 radical (unpaired) electrons. The number of carbonyl (C=O) groups is 1. The van der Waals surface area contributed by atoms with Gasteiger partial charge in [-0.3, -0.25) is 4.79 Å². The molecule has 2 saturated heterocycles. The number of thioether (sulfide) groups is 1. The lowest BCUT2D eigenvalue weighted by atomic mass is 9.93. The summed E-state index contributed by atoms with van der Waals surface area (Å²) >= 11 is 1.49. The van der Waals surface area contributed by atoms with Gasteiger partial charge >= 0.3 is 0 Å². The van der Waals surface area contributed by atoms with Crippen LogP contribution in [-0.2, 0) is 21.1 Å². The molecule has 2 heterocycles. The van der Waals surface area contributed by atoms with Gasteiger partial charge < -0.3 is 14.4 Å². The number of aliphatic imine (C=N–C) groups is 1. The molecule has 5 unspecified atom stereocenters. The van der Waals surface area contributed by atoms with Gasteiger partial charge in [0, 0.05) is 11.3 Å². The molecule has 2 bridgehead atoms. The smallest absolute Gasteiger partial charge is 0.252 e. The molecule has 1 aromatic rings. The number of amidine groups is 1. The van der Waals surface area contributed by atoms with Crippen molar-refractivity contribution >= 4 is 32.7 Å². The molecule has 4 fully saturated rings. The Balaban J connectivity index is 1.38. The molecule has 2 aliphatic carbocycles. The Morgan fingerprint density at radius 2 is 1.94 bits per heavy atom. The van der Waals surface area contributed by atoms with Gasteiger partial charge in [-0.2, -0.15) is 4.99 Å². The number of fused-ring (bicyclic) bond motifs is 3. The summed E-state index contributed by atoms with van der Waals surface area (Å²) in [6.07, 6.45) is 4.97. The molecule has 31 heavy (non-hydrogen) atoms. The van der Waals surface area contributed by atoms with Crippen molar-refractivity contribution in [3.8, 4) is 11.5 Å². The maximum atomic E-state index is 12.9. The monoisotopic (exact) mass is 464 g/mol. The van der Waals surface area contributed by atoms with Gasteiger partial charge in [-0.25, -0.2) is 8.42 Å². The second kappa shape index (κ2) is 7.99. The molecule has 4 aliphatic rings. The van der Waals surface area contributed by atoms with Gasteiger partial charge in [0.1, 0.15) is 0 Å². The average molecular weight is 465 g/mol. The minimum atomic E-state index is -3.02. The van der Waals surface area contributed by atoms with E-state index in [4.69, 9.17) is 9.47 Å². The van der Waals surface area contributed by atoms with E-state index in [2.05, 4.69) is 9.89 Å². The lowest BCUT2D eigenvalue weighted by Gasteiger charge is -2.36. The van der Waals surface area contributed by atoms with Gasteiger partial charge in [-0.15, -0.1) is 0 Å². The van der Waals surface area contributed by atoms with Crippen LogP contribution in [0.15, 0.2) is 23.2 Å². The first-order chi connectivity index (χ1) is 14.9. The minimum absolute atomic E-state index is 0.0169. The molecule has 2 saturated carbocycles. The van der Waals surface area contributed by atoms with E-state index in [1.54, 1.807) is 26.4 Å². The zero-order valence-electron chi connectivity index (χ0n) is 17.8. The molecule has 1 amide bonds. The Morgan fingerprint density at radius 3 is 2.61 bits per heavy atom. The van der Waals surface area contributed by atoms with Crippen molar-refractivity contribution in [3.63, 3.8) is 0 Å². The molecule has 0 aromatic heterocycles. The third-order valence-corrected chi connectivity index (χ3v) is 10.4. The predicted molar refractivity (Wildman–Crippen MR) is 121 cm³/mol. The molecule has 168 valence electrons. The van der Waals surface area contributed by atoms with Crippen molar-refractivity contribution < 1.29 is 22.7 Å². The summed E-state index contributed by atoms with van der Waals surface area (Å²) in [5.41, 5.74) is 0.809. The molecule has 5 atom stereocenters. The number of benzene rings is 1. The fraction of sp³-hybridized carbons (Fsp3) is 0.636. The van der Waals surface area contributed by atoms with Gasteiger partial charge in [0.25, 0.3) is 5.91 Å². The van der Waals surface area contributed by atoms with Gasteiger partial charge in [-0.05, 0) is 48.8 Å². The fourth-order valence-electron chi connectivity index (χ4n) is 5.84. The van der Waals surface area contributed by atoms with Crippen molar-refractivity contribution in [3.05, 3.63) is 23.8 Å². The zero-order chi connectivity index (χ0) is 21.8. The van der Waals surface area contributed by atoms with E-state index in [0.717, 1.165) is 23.1 Å². The Hall–Kier alpha value is -1.74. The van der Waals surface area contributed by atoms with Crippen LogP contribution in [0.1, 0.15) is 31.2 Å². The Kier molecular flexibility index (Phi) is 5.45. The lowest BCUT2D eigenvalue weighted by Crippen LogP contribution is -2.47. The summed E-state index contributed by atoms with van der Waals surface area (Å²) in [4.78, 5) is 19.6. The zero-order valence-corrected chi connectivity index (χ0v) is 19.5. The number of nitrogens with zero attached hydrogens (tertiary/aromatic N) is 2. The van der Waals surface area contributed by atoms with E-state index in [1.807, 2.05) is 6.07 Å². The highest BCUT2D eigenvalue weighted by atomic mass is 32.2. The minimum Gasteiger partial charge on any atom is -0.493 e. The molecule has 0 N–H and O–H groups in total. The molecule has 1 aromatic carbocycles. The second-order valence-electron chi connectivity index (χ2n) is 9.10. The van der Waals surface area contributed by atoms with Crippen LogP contribution in [0.2, 0.25) is 0 Å². The van der Waals surface area contributed by atoms with Crippen LogP contribution < -0.4 is 9.47 Å². The van der Waals surface area contributed by atoms with Crippen LogP contribution >= 0.6 is 11.8 Å². The summed E-state index contributed by atoms with van der Waals surface area (Å²) in [7, 11) is 0.121. The maximum absolute atomic E-state index is 12.9. The molecule has 9 heteroatoms. The average Bonchev–Trinajstić information content (AvgIpc) is 3.47. The van der Waals surface area contributed by atoms with E-state index in [0.29, 0.717) is 23.5 Å². The quantitative estimate of drug-likeness (QED) is 0.662. The van der Waals surface area contributed by atoms with Crippen molar-refractivity contribution in [1.29, 1.82) is 0 Å². The topological polar surface area (TPSA) is 85.3 Å². The molecule has 5 rings (SSSR count). The highest BCUT2D eigenvalue weighted by molar-refractivity contribution is 8.15. The largest absolute Gasteiger partial charge is 0.493 e. The van der Waals surface area contributed by atoms with Crippen molar-refractivity contribution in [2.75, 3.05) is 25.7 Å². The fourth-order valence-corrected chi connectivity index (χ4v) is 9.83. The van der Waals surface area contributed by atoms with E-state index in [9.17, 15) is 13.2 Å². The Morgan fingerprint density at radius 1 is 1.13 bits per heavy atom. The third kappa shape index (κ3) is 3.95. The van der Waals surface area contributed by atoms with E-state index < -0.39 is 9.84 Å². The number of sulfone groups is 1.